The number of para-hydroxylation sites is 1. The fourth-order valence-electron chi connectivity index (χ4n) is 2.77. The van der Waals surface area contributed by atoms with E-state index in [2.05, 4.69) is 44.3 Å². The van der Waals surface area contributed by atoms with Crippen molar-refractivity contribution in [3.05, 3.63) is 29.3 Å². The van der Waals surface area contributed by atoms with Gasteiger partial charge in [-0.1, -0.05) is 32.0 Å². The normalized spacial score (nSPS) is 15.1. The predicted octanol–water partition coefficient (Wildman–Crippen LogP) is 1.83. The van der Waals surface area contributed by atoms with Crippen molar-refractivity contribution in [3.8, 4) is 0 Å². The second-order valence-corrected chi connectivity index (χ2v) is 6.07. The van der Waals surface area contributed by atoms with Gasteiger partial charge < -0.3 is 15.1 Å². The molecule has 0 aromatic heterocycles. The molecule has 1 aliphatic heterocycles. The molecule has 0 spiro atoms. The number of nitrogens with zero attached hydrogens (tertiary/aromatic N) is 2. The van der Waals surface area contributed by atoms with E-state index in [9.17, 15) is 9.59 Å². The highest BCUT2D eigenvalue weighted by Crippen LogP contribution is 2.27. The van der Waals surface area contributed by atoms with Gasteiger partial charge in [0.05, 0.1) is 6.54 Å². The third kappa shape index (κ3) is 3.78. The minimum absolute atomic E-state index is 0.0866. The van der Waals surface area contributed by atoms with Crippen LogP contribution in [0.4, 0.5) is 5.69 Å². The largest absolute Gasteiger partial charge is 0.376 e. The molecule has 0 atom stereocenters. The molecule has 1 heterocycles. The monoisotopic (exact) mass is 303 g/mol. The van der Waals surface area contributed by atoms with E-state index in [0.29, 0.717) is 38.6 Å². The molecule has 1 aromatic carbocycles. The number of carbonyl (C=O) groups excluding carboxylic acids is 2. The third-order valence-electron chi connectivity index (χ3n) is 4.16. The smallest absolute Gasteiger partial charge is 0.241 e. The number of rotatable bonds is 5. The number of piperazine rings is 1. The van der Waals surface area contributed by atoms with Crippen molar-refractivity contribution in [1.29, 1.82) is 0 Å². The Morgan fingerprint density at radius 3 is 2.55 bits per heavy atom. The van der Waals surface area contributed by atoms with Crippen molar-refractivity contribution in [2.45, 2.75) is 26.7 Å². The van der Waals surface area contributed by atoms with Gasteiger partial charge in [-0.15, -0.1) is 0 Å². The zero-order chi connectivity index (χ0) is 16.1. The summed E-state index contributed by atoms with van der Waals surface area (Å²) in [5.41, 5.74) is 3.46. The Labute approximate surface area is 132 Å². The van der Waals surface area contributed by atoms with E-state index in [-0.39, 0.29) is 5.91 Å². The lowest BCUT2D eigenvalue weighted by Crippen LogP contribution is -2.49. The topological polar surface area (TPSA) is 52.7 Å². The molecule has 1 N–H and O–H groups in total. The molecule has 120 valence electrons. The molecule has 1 saturated heterocycles. The van der Waals surface area contributed by atoms with Crippen LogP contribution >= 0.6 is 0 Å². The Morgan fingerprint density at radius 2 is 1.95 bits per heavy atom. The van der Waals surface area contributed by atoms with Crippen LogP contribution < -0.4 is 5.32 Å². The van der Waals surface area contributed by atoms with Crippen molar-refractivity contribution in [3.63, 3.8) is 0 Å². The number of hydrogen-bond acceptors (Lipinski definition) is 3. The van der Waals surface area contributed by atoms with E-state index < -0.39 is 0 Å². The quantitative estimate of drug-likeness (QED) is 0.844. The first-order valence-corrected chi connectivity index (χ1v) is 7.83. The van der Waals surface area contributed by atoms with Crippen molar-refractivity contribution in [2.75, 3.05) is 38.0 Å². The van der Waals surface area contributed by atoms with Crippen LogP contribution in [-0.2, 0) is 9.59 Å². The Bertz CT molecular complexity index is 535. The van der Waals surface area contributed by atoms with E-state index in [4.69, 9.17) is 0 Å². The second-order valence-electron chi connectivity index (χ2n) is 6.07. The predicted molar refractivity (Wildman–Crippen MR) is 88.0 cm³/mol. The van der Waals surface area contributed by atoms with Crippen molar-refractivity contribution in [2.24, 2.45) is 0 Å². The van der Waals surface area contributed by atoms with Crippen LogP contribution in [0.1, 0.15) is 30.9 Å². The first kappa shape index (κ1) is 16.3. The molecular formula is C17H25N3O2. The maximum absolute atomic E-state index is 12.3. The van der Waals surface area contributed by atoms with Gasteiger partial charge in [0.2, 0.25) is 12.3 Å². The number of amides is 2. The highest BCUT2D eigenvalue weighted by molar-refractivity contribution is 5.81. The van der Waals surface area contributed by atoms with Gasteiger partial charge >= 0.3 is 0 Å². The maximum Gasteiger partial charge on any atom is 0.241 e. The highest BCUT2D eigenvalue weighted by Gasteiger charge is 2.20. The zero-order valence-corrected chi connectivity index (χ0v) is 13.6. The van der Waals surface area contributed by atoms with E-state index in [0.717, 1.165) is 17.7 Å². The van der Waals surface area contributed by atoms with Gasteiger partial charge in [0.25, 0.3) is 0 Å². The lowest BCUT2D eigenvalue weighted by atomic mass is 9.98. The third-order valence-corrected chi connectivity index (χ3v) is 4.16. The van der Waals surface area contributed by atoms with Gasteiger partial charge in [-0.05, 0) is 24.0 Å². The van der Waals surface area contributed by atoms with Gasteiger partial charge in [0.1, 0.15) is 0 Å². The molecule has 0 radical (unpaired) electrons. The Balaban J connectivity index is 1.96. The summed E-state index contributed by atoms with van der Waals surface area (Å²) in [6.07, 6.45) is 0.850. The summed E-state index contributed by atoms with van der Waals surface area (Å²) in [7, 11) is 0. The number of benzene rings is 1. The number of carbonyl (C=O) groups is 2. The maximum atomic E-state index is 12.3. The fourth-order valence-corrected chi connectivity index (χ4v) is 2.77. The molecule has 2 amide bonds. The summed E-state index contributed by atoms with van der Waals surface area (Å²) in [4.78, 5) is 26.5. The minimum Gasteiger partial charge on any atom is -0.376 e. The van der Waals surface area contributed by atoms with Crippen LogP contribution in [0.15, 0.2) is 18.2 Å². The van der Waals surface area contributed by atoms with Crippen LogP contribution in [0.3, 0.4) is 0 Å². The highest BCUT2D eigenvalue weighted by atomic mass is 16.2. The summed E-state index contributed by atoms with van der Waals surface area (Å²) in [5.74, 6) is 0.497. The van der Waals surface area contributed by atoms with Gasteiger partial charge in [0, 0.05) is 31.9 Å². The molecule has 0 unspecified atom stereocenters. The van der Waals surface area contributed by atoms with Gasteiger partial charge in [-0.2, -0.15) is 0 Å². The Hall–Kier alpha value is -2.04. The molecule has 1 aliphatic rings. The molecule has 5 nitrogen and oxygen atoms in total. The molecule has 0 aliphatic carbocycles. The lowest BCUT2D eigenvalue weighted by molar-refractivity contribution is -0.133. The van der Waals surface area contributed by atoms with Crippen LogP contribution in [0, 0.1) is 6.92 Å². The summed E-state index contributed by atoms with van der Waals surface area (Å²) in [6.45, 7) is 9.13. The number of anilines is 1. The molecule has 0 saturated carbocycles. The first-order valence-electron chi connectivity index (χ1n) is 7.83. The van der Waals surface area contributed by atoms with Gasteiger partial charge in [-0.3, -0.25) is 9.59 Å². The number of nitrogens with one attached hydrogen (secondary N) is 1. The molecule has 0 bridgehead atoms. The lowest BCUT2D eigenvalue weighted by Gasteiger charge is -2.32. The molecule has 22 heavy (non-hydrogen) atoms. The number of aryl methyl sites for hydroxylation is 1. The molecule has 1 fully saturated rings. The Morgan fingerprint density at radius 1 is 1.27 bits per heavy atom. The Kier molecular flexibility index (Phi) is 5.41. The second kappa shape index (κ2) is 7.29. The summed E-state index contributed by atoms with van der Waals surface area (Å²) in [6, 6.07) is 6.21. The summed E-state index contributed by atoms with van der Waals surface area (Å²) >= 11 is 0. The summed E-state index contributed by atoms with van der Waals surface area (Å²) in [5, 5.41) is 3.31. The van der Waals surface area contributed by atoms with E-state index >= 15 is 0 Å². The SMILES string of the molecule is Cc1cccc(C(C)C)c1NCC(=O)N1CCN(C=O)CC1. The van der Waals surface area contributed by atoms with Crippen LogP contribution in [0.2, 0.25) is 0 Å². The van der Waals surface area contributed by atoms with Crippen LogP contribution in [0.25, 0.3) is 0 Å². The molecule has 5 heteroatoms. The standard InChI is InChI=1S/C17H25N3O2/c1-13(2)15-6-4-5-14(3)17(15)18-11-16(22)20-9-7-19(12-21)8-10-20/h4-6,12-13,18H,7-11H2,1-3H3. The minimum atomic E-state index is 0.0866. The van der Waals surface area contributed by atoms with Crippen molar-refractivity contribution in [1.82, 2.24) is 9.80 Å². The van der Waals surface area contributed by atoms with E-state index in [1.807, 2.05) is 4.90 Å². The fraction of sp³-hybridized carbons (Fsp3) is 0.529. The van der Waals surface area contributed by atoms with Gasteiger partial charge in [0.15, 0.2) is 0 Å². The van der Waals surface area contributed by atoms with Crippen LogP contribution in [0.5, 0.6) is 0 Å². The zero-order valence-electron chi connectivity index (χ0n) is 13.6. The van der Waals surface area contributed by atoms with Crippen molar-refractivity contribution >= 4 is 18.0 Å². The van der Waals surface area contributed by atoms with Crippen LogP contribution in [-0.4, -0.2) is 54.8 Å². The van der Waals surface area contributed by atoms with E-state index in [1.165, 1.54) is 5.56 Å². The number of hydrogen-bond donors (Lipinski definition) is 1. The first-order chi connectivity index (χ1) is 10.5. The molecule has 2 rings (SSSR count). The van der Waals surface area contributed by atoms with Crippen molar-refractivity contribution < 1.29 is 9.59 Å². The molecular weight excluding hydrogens is 278 g/mol. The molecule has 1 aromatic rings. The summed E-state index contributed by atoms with van der Waals surface area (Å²) < 4.78 is 0. The average molecular weight is 303 g/mol. The van der Waals surface area contributed by atoms with Gasteiger partial charge in [-0.25, -0.2) is 0 Å². The van der Waals surface area contributed by atoms with E-state index in [1.54, 1.807) is 4.90 Å². The average Bonchev–Trinajstić information content (AvgIpc) is 2.53.